The summed E-state index contributed by atoms with van der Waals surface area (Å²) in [7, 11) is 0. The van der Waals surface area contributed by atoms with E-state index in [1.54, 1.807) is 60.9 Å². The number of carboxylic acid groups (broad SMARTS) is 1. The van der Waals surface area contributed by atoms with Crippen molar-refractivity contribution in [3.8, 4) is 0 Å². The fourth-order valence-corrected chi connectivity index (χ4v) is 3.21. The van der Waals surface area contributed by atoms with Gasteiger partial charge in [-0.1, -0.05) is 12.1 Å². The Hall–Kier alpha value is -4.26. The number of carboxylic acids is 1. The topological polar surface area (TPSA) is 109 Å². The van der Waals surface area contributed by atoms with E-state index in [1.165, 1.54) is 12.1 Å². The van der Waals surface area contributed by atoms with Crippen molar-refractivity contribution in [2.24, 2.45) is 0 Å². The predicted molar refractivity (Wildman–Crippen MR) is 114 cm³/mol. The lowest BCUT2D eigenvalue weighted by Crippen LogP contribution is -2.13. The second-order valence-electron chi connectivity index (χ2n) is 7.04. The second kappa shape index (κ2) is 8.62. The van der Waals surface area contributed by atoms with Gasteiger partial charge in [-0.2, -0.15) is 0 Å². The van der Waals surface area contributed by atoms with Crippen molar-refractivity contribution < 1.29 is 19.4 Å². The summed E-state index contributed by atoms with van der Waals surface area (Å²) in [6.45, 7) is 0.141. The Morgan fingerprint density at radius 3 is 2.32 bits per heavy atom. The molecule has 4 rings (SSSR count). The number of ether oxygens (including phenoxy) is 1. The molecule has 0 saturated heterocycles. The summed E-state index contributed by atoms with van der Waals surface area (Å²) in [5, 5.41) is 9.71. The summed E-state index contributed by atoms with van der Waals surface area (Å²) >= 11 is 0. The van der Waals surface area contributed by atoms with Crippen molar-refractivity contribution in [1.82, 2.24) is 9.97 Å². The van der Waals surface area contributed by atoms with Gasteiger partial charge in [0, 0.05) is 29.9 Å². The zero-order valence-electron chi connectivity index (χ0n) is 16.4. The Morgan fingerprint density at radius 2 is 1.61 bits per heavy atom. The number of rotatable bonds is 6. The fourth-order valence-electron chi connectivity index (χ4n) is 3.21. The van der Waals surface area contributed by atoms with Crippen LogP contribution in [0.2, 0.25) is 0 Å². The lowest BCUT2D eigenvalue weighted by molar-refractivity contribution is 0.0472. The van der Waals surface area contributed by atoms with Gasteiger partial charge in [-0.25, -0.2) is 9.59 Å². The Bertz CT molecular complexity index is 1310. The molecule has 2 N–H and O–H groups in total. The van der Waals surface area contributed by atoms with Crippen molar-refractivity contribution >= 4 is 22.8 Å². The van der Waals surface area contributed by atoms with E-state index < -0.39 is 11.9 Å². The number of esters is 1. The van der Waals surface area contributed by atoms with E-state index in [-0.39, 0.29) is 17.7 Å². The van der Waals surface area contributed by atoms with E-state index >= 15 is 0 Å². The number of carbonyl (C=O) groups excluding carboxylic acids is 1. The number of pyridine rings is 2. The van der Waals surface area contributed by atoms with Crippen molar-refractivity contribution in [2.45, 2.75) is 13.0 Å². The van der Waals surface area contributed by atoms with Crippen LogP contribution in [0.5, 0.6) is 0 Å². The van der Waals surface area contributed by atoms with Crippen molar-refractivity contribution in [2.75, 3.05) is 0 Å². The number of aromatic nitrogens is 2. The summed E-state index contributed by atoms with van der Waals surface area (Å²) in [6.07, 6.45) is 3.60. The molecule has 0 bridgehead atoms. The Balaban J connectivity index is 1.55. The zero-order chi connectivity index (χ0) is 21.8. The highest BCUT2D eigenvalue weighted by atomic mass is 16.5. The molecule has 154 valence electrons. The number of aromatic amines is 1. The molecule has 0 amide bonds. The molecule has 0 aliphatic carbocycles. The third-order valence-electron chi connectivity index (χ3n) is 4.87. The first-order chi connectivity index (χ1) is 15.0. The van der Waals surface area contributed by atoms with Crippen LogP contribution in [0, 0.1) is 0 Å². The molecule has 0 unspecified atom stereocenters. The van der Waals surface area contributed by atoms with Crippen LogP contribution >= 0.6 is 0 Å². The molecule has 2 heterocycles. The minimum Gasteiger partial charge on any atom is -0.478 e. The number of aromatic carboxylic acids is 1. The highest BCUT2D eigenvalue weighted by molar-refractivity contribution is 5.94. The predicted octanol–water partition coefficient (Wildman–Crippen LogP) is 3.57. The van der Waals surface area contributed by atoms with Crippen molar-refractivity contribution in [1.29, 1.82) is 0 Å². The van der Waals surface area contributed by atoms with Gasteiger partial charge in [-0.15, -0.1) is 0 Å². The van der Waals surface area contributed by atoms with E-state index in [4.69, 9.17) is 9.84 Å². The molecule has 0 radical (unpaired) electrons. The van der Waals surface area contributed by atoms with Crippen LogP contribution in [-0.2, 0) is 17.8 Å². The Kier molecular flexibility index (Phi) is 5.57. The van der Waals surface area contributed by atoms with E-state index in [0.29, 0.717) is 28.5 Å². The molecular weight excluding hydrogens is 396 g/mol. The second-order valence-corrected chi connectivity index (χ2v) is 7.04. The lowest BCUT2D eigenvalue weighted by atomic mass is 10.0. The largest absolute Gasteiger partial charge is 0.478 e. The molecule has 0 aliphatic heterocycles. The molecule has 0 spiro atoms. The average molecular weight is 414 g/mol. The number of benzene rings is 2. The summed E-state index contributed by atoms with van der Waals surface area (Å²) in [4.78, 5) is 42.6. The van der Waals surface area contributed by atoms with Gasteiger partial charge in [-0.05, 0) is 65.0 Å². The molecule has 0 atom stereocenters. The number of H-pyrrole nitrogens is 1. The fraction of sp³-hybridized carbons (Fsp3) is 0.0833. The molecule has 31 heavy (non-hydrogen) atoms. The van der Waals surface area contributed by atoms with Gasteiger partial charge in [0.1, 0.15) is 6.61 Å². The molecule has 0 fully saturated rings. The maximum absolute atomic E-state index is 12.4. The maximum Gasteiger partial charge on any atom is 0.338 e. The molecule has 0 aliphatic rings. The highest BCUT2D eigenvalue weighted by Gasteiger charge is 2.11. The van der Waals surface area contributed by atoms with Crippen LogP contribution in [-0.4, -0.2) is 27.0 Å². The molecule has 2 aromatic heterocycles. The van der Waals surface area contributed by atoms with Gasteiger partial charge < -0.3 is 14.8 Å². The third-order valence-corrected chi connectivity index (χ3v) is 4.87. The first kappa shape index (κ1) is 20.0. The monoisotopic (exact) mass is 414 g/mol. The number of nitrogens with zero attached hydrogens (tertiary/aromatic N) is 1. The number of hydrogen-bond acceptors (Lipinski definition) is 5. The summed E-state index contributed by atoms with van der Waals surface area (Å²) in [6, 6.07) is 16.6. The zero-order valence-corrected chi connectivity index (χ0v) is 16.4. The van der Waals surface area contributed by atoms with Crippen molar-refractivity contribution in [3.63, 3.8) is 0 Å². The number of carbonyl (C=O) groups is 2. The van der Waals surface area contributed by atoms with Gasteiger partial charge in [0.15, 0.2) is 0 Å². The third kappa shape index (κ3) is 4.67. The van der Waals surface area contributed by atoms with E-state index in [0.717, 1.165) is 11.1 Å². The molecule has 2 aromatic carbocycles. The number of nitrogens with one attached hydrogen (secondary N) is 1. The molecule has 4 aromatic rings. The van der Waals surface area contributed by atoms with Gasteiger partial charge in [0.2, 0.25) is 0 Å². The van der Waals surface area contributed by atoms with Crippen LogP contribution in [0.25, 0.3) is 10.9 Å². The molecule has 0 saturated carbocycles. The van der Waals surface area contributed by atoms with Crippen LogP contribution in [0.4, 0.5) is 0 Å². The molecule has 7 heteroatoms. The lowest BCUT2D eigenvalue weighted by Gasteiger charge is -2.08. The summed E-state index contributed by atoms with van der Waals surface area (Å²) in [5.41, 5.74) is 3.10. The number of hydrogen-bond donors (Lipinski definition) is 2. The van der Waals surface area contributed by atoms with E-state index in [2.05, 4.69) is 9.97 Å². The van der Waals surface area contributed by atoms with Gasteiger partial charge in [0.05, 0.1) is 11.1 Å². The standard InChI is InChI=1S/C24H18N2O5/c27-22-20(11-15-1-3-17(4-2-15)23(28)29)13-19-12-18(5-6-21(19)26-22)24(30)31-14-16-7-9-25-10-8-16/h1-10,12-13H,11,14H2,(H,26,27)(H,28,29). The smallest absolute Gasteiger partial charge is 0.338 e. The SMILES string of the molecule is O=C(O)c1ccc(Cc2cc3cc(C(=O)OCc4ccncc4)ccc3[nH]c2=O)cc1. The normalized spacial score (nSPS) is 10.7. The average Bonchev–Trinajstić information content (AvgIpc) is 2.78. The van der Waals surface area contributed by atoms with Gasteiger partial charge >= 0.3 is 11.9 Å². The minimum atomic E-state index is -1.00. The maximum atomic E-state index is 12.4. The Labute approximate surface area is 177 Å². The summed E-state index contributed by atoms with van der Waals surface area (Å²) < 4.78 is 5.36. The van der Waals surface area contributed by atoms with Crippen LogP contribution in [0.3, 0.4) is 0 Å². The number of fused-ring (bicyclic) bond motifs is 1. The van der Waals surface area contributed by atoms with Crippen LogP contribution < -0.4 is 5.56 Å². The first-order valence-electron chi connectivity index (χ1n) is 9.54. The minimum absolute atomic E-state index is 0.141. The van der Waals surface area contributed by atoms with Crippen LogP contribution in [0.15, 0.2) is 77.9 Å². The van der Waals surface area contributed by atoms with E-state index in [9.17, 15) is 14.4 Å². The van der Waals surface area contributed by atoms with Gasteiger partial charge in [0.25, 0.3) is 5.56 Å². The molecule has 7 nitrogen and oxygen atoms in total. The first-order valence-corrected chi connectivity index (χ1v) is 9.54. The summed E-state index contributed by atoms with van der Waals surface area (Å²) in [5.74, 6) is -1.46. The molecular formula is C24H18N2O5. The van der Waals surface area contributed by atoms with Crippen LogP contribution in [0.1, 0.15) is 37.4 Å². The Morgan fingerprint density at radius 1 is 0.903 bits per heavy atom. The van der Waals surface area contributed by atoms with Gasteiger partial charge in [-0.3, -0.25) is 9.78 Å². The van der Waals surface area contributed by atoms with Crippen molar-refractivity contribution in [3.05, 3.63) is 111 Å². The highest BCUT2D eigenvalue weighted by Crippen LogP contribution is 2.17. The van der Waals surface area contributed by atoms with E-state index in [1.807, 2.05) is 0 Å². The quantitative estimate of drug-likeness (QED) is 0.467.